The molecular formula is C23H29BrN2O3. The predicted octanol–water partition coefficient (Wildman–Crippen LogP) is 5.75. The number of rotatable bonds is 10. The van der Waals surface area contributed by atoms with E-state index < -0.39 is 0 Å². The van der Waals surface area contributed by atoms with E-state index in [1.165, 1.54) is 0 Å². The second-order valence-corrected chi connectivity index (χ2v) is 7.68. The lowest BCUT2D eigenvalue weighted by molar-refractivity contribution is 0.0755. The smallest absolute Gasteiger partial charge is 0.255 e. The first-order valence-electron chi connectivity index (χ1n) is 10.1. The van der Waals surface area contributed by atoms with Crippen molar-refractivity contribution in [2.45, 2.75) is 40.0 Å². The highest BCUT2D eigenvalue weighted by molar-refractivity contribution is 9.10. The van der Waals surface area contributed by atoms with Crippen molar-refractivity contribution in [3.05, 3.63) is 58.1 Å². The SMILES string of the molecule is CCCOc1ccc(C(=O)Nc2cccc(C(=O)N(CCC)CCC)c2)cc1Br. The van der Waals surface area contributed by atoms with E-state index in [9.17, 15) is 9.59 Å². The molecule has 156 valence electrons. The van der Waals surface area contributed by atoms with Gasteiger partial charge < -0.3 is 15.0 Å². The first kappa shape index (κ1) is 22.9. The van der Waals surface area contributed by atoms with Gasteiger partial charge in [-0.05, 0) is 71.6 Å². The van der Waals surface area contributed by atoms with Gasteiger partial charge in [-0.15, -0.1) is 0 Å². The summed E-state index contributed by atoms with van der Waals surface area (Å²) in [5.74, 6) is 0.462. The minimum absolute atomic E-state index is 0.00929. The Labute approximate surface area is 181 Å². The maximum absolute atomic E-state index is 12.8. The topological polar surface area (TPSA) is 58.6 Å². The first-order valence-corrected chi connectivity index (χ1v) is 10.9. The number of ether oxygens (including phenoxy) is 1. The molecule has 0 saturated heterocycles. The molecule has 0 heterocycles. The van der Waals surface area contributed by atoms with Gasteiger partial charge in [0.15, 0.2) is 0 Å². The zero-order chi connectivity index (χ0) is 21.2. The predicted molar refractivity (Wildman–Crippen MR) is 121 cm³/mol. The van der Waals surface area contributed by atoms with Gasteiger partial charge in [0.25, 0.3) is 11.8 Å². The summed E-state index contributed by atoms with van der Waals surface area (Å²) in [6.07, 6.45) is 2.74. The average Bonchev–Trinajstić information content (AvgIpc) is 2.72. The summed E-state index contributed by atoms with van der Waals surface area (Å²) in [7, 11) is 0. The summed E-state index contributed by atoms with van der Waals surface area (Å²) in [5.41, 5.74) is 1.68. The summed E-state index contributed by atoms with van der Waals surface area (Å²) >= 11 is 3.45. The van der Waals surface area contributed by atoms with Crippen LogP contribution in [0.15, 0.2) is 46.9 Å². The molecule has 2 aromatic rings. The van der Waals surface area contributed by atoms with E-state index >= 15 is 0 Å². The Morgan fingerprint density at radius 1 is 0.966 bits per heavy atom. The lowest BCUT2D eigenvalue weighted by Crippen LogP contribution is -2.32. The molecule has 2 rings (SSSR count). The minimum Gasteiger partial charge on any atom is -0.492 e. The van der Waals surface area contributed by atoms with Crippen LogP contribution in [0, 0.1) is 0 Å². The van der Waals surface area contributed by atoms with E-state index in [0.29, 0.717) is 29.2 Å². The Balaban J connectivity index is 2.12. The molecule has 0 atom stereocenters. The Morgan fingerprint density at radius 3 is 2.31 bits per heavy atom. The third-order valence-corrected chi connectivity index (χ3v) is 4.92. The van der Waals surface area contributed by atoms with Gasteiger partial charge in [-0.1, -0.05) is 26.8 Å². The van der Waals surface area contributed by atoms with Gasteiger partial charge in [0.1, 0.15) is 5.75 Å². The molecule has 0 saturated carbocycles. The van der Waals surface area contributed by atoms with Gasteiger partial charge in [0, 0.05) is 29.9 Å². The van der Waals surface area contributed by atoms with Crippen LogP contribution in [0.5, 0.6) is 5.75 Å². The maximum Gasteiger partial charge on any atom is 0.255 e. The van der Waals surface area contributed by atoms with Gasteiger partial charge in [-0.25, -0.2) is 0 Å². The van der Waals surface area contributed by atoms with Crippen molar-refractivity contribution in [1.29, 1.82) is 0 Å². The van der Waals surface area contributed by atoms with Crippen LogP contribution in [0.2, 0.25) is 0 Å². The number of nitrogens with one attached hydrogen (secondary N) is 1. The summed E-state index contributed by atoms with van der Waals surface area (Å²) in [5, 5.41) is 2.87. The molecular weight excluding hydrogens is 432 g/mol. The van der Waals surface area contributed by atoms with Gasteiger partial charge >= 0.3 is 0 Å². The van der Waals surface area contributed by atoms with Crippen LogP contribution in [0.3, 0.4) is 0 Å². The molecule has 2 amide bonds. The van der Waals surface area contributed by atoms with Crippen LogP contribution in [0.4, 0.5) is 5.69 Å². The zero-order valence-electron chi connectivity index (χ0n) is 17.3. The number of halogens is 1. The highest BCUT2D eigenvalue weighted by Gasteiger charge is 2.15. The monoisotopic (exact) mass is 460 g/mol. The molecule has 0 aromatic heterocycles. The van der Waals surface area contributed by atoms with Crippen LogP contribution in [-0.4, -0.2) is 36.4 Å². The third-order valence-electron chi connectivity index (χ3n) is 4.30. The van der Waals surface area contributed by atoms with Gasteiger partial charge in [-0.2, -0.15) is 0 Å². The summed E-state index contributed by atoms with van der Waals surface area (Å²) < 4.78 is 6.36. The minimum atomic E-state index is -0.240. The molecule has 5 nitrogen and oxygen atoms in total. The number of amides is 2. The third kappa shape index (κ3) is 6.60. The second-order valence-electron chi connectivity index (χ2n) is 6.82. The fraction of sp³-hybridized carbons (Fsp3) is 0.391. The number of hydrogen-bond acceptors (Lipinski definition) is 3. The molecule has 0 aliphatic rings. The Hall–Kier alpha value is -2.34. The molecule has 0 fully saturated rings. The molecule has 0 aliphatic carbocycles. The summed E-state index contributed by atoms with van der Waals surface area (Å²) in [6, 6.07) is 12.3. The molecule has 0 radical (unpaired) electrons. The highest BCUT2D eigenvalue weighted by Crippen LogP contribution is 2.26. The summed E-state index contributed by atoms with van der Waals surface area (Å²) in [6.45, 7) is 8.23. The fourth-order valence-corrected chi connectivity index (χ4v) is 3.43. The largest absolute Gasteiger partial charge is 0.492 e. The quantitative estimate of drug-likeness (QED) is 0.490. The molecule has 0 bridgehead atoms. The molecule has 0 aliphatic heterocycles. The van der Waals surface area contributed by atoms with Crippen molar-refractivity contribution in [1.82, 2.24) is 4.90 Å². The van der Waals surface area contributed by atoms with E-state index in [2.05, 4.69) is 35.1 Å². The van der Waals surface area contributed by atoms with Crippen LogP contribution >= 0.6 is 15.9 Å². The van der Waals surface area contributed by atoms with Gasteiger partial charge in [0.05, 0.1) is 11.1 Å². The van der Waals surface area contributed by atoms with Crippen molar-refractivity contribution >= 4 is 33.4 Å². The molecule has 6 heteroatoms. The molecule has 0 spiro atoms. The number of carbonyl (C=O) groups excluding carboxylic acids is 2. The van der Waals surface area contributed by atoms with Crippen molar-refractivity contribution in [2.75, 3.05) is 25.0 Å². The van der Waals surface area contributed by atoms with Gasteiger partial charge in [-0.3, -0.25) is 9.59 Å². The molecule has 29 heavy (non-hydrogen) atoms. The Bertz CT molecular complexity index is 833. The number of hydrogen-bond donors (Lipinski definition) is 1. The normalized spacial score (nSPS) is 10.5. The van der Waals surface area contributed by atoms with E-state index in [4.69, 9.17) is 4.74 Å². The highest BCUT2D eigenvalue weighted by atomic mass is 79.9. The van der Waals surface area contributed by atoms with E-state index in [1.54, 1.807) is 42.5 Å². The lowest BCUT2D eigenvalue weighted by atomic mass is 10.1. The lowest BCUT2D eigenvalue weighted by Gasteiger charge is -2.21. The summed E-state index contributed by atoms with van der Waals surface area (Å²) in [4.78, 5) is 27.3. The molecule has 0 unspecified atom stereocenters. The number of carbonyl (C=O) groups is 2. The molecule has 1 N–H and O–H groups in total. The first-order chi connectivity index (χ1) is 14.0. The van der Waals surface area contributed by atoms with Crippen molar-refractivity contribution in [2.24, 2.45) is 0 Å². The fourth-order valence-electron chi connectivity index (χ4n) is 2.94. The Morgan fingerprint density at radius 2 is 1.69 bits per heavy atom. The Kier molecular flexibility index (Phi) is 9.19. The van der Waals surface area contributed by atoms with E-state index in [1.807, 2.05) is 11.8 Å². The number of nitrogens with zero attached hydrogens (tertiary/aromatic N) is 1. The van der Waals surface area contributed by atoms with E-state index in [0.717, 1.165) is 36.8 Å². The molecule has 2 aromatic carbocycles. The van der Waals surface area contributed by atoms with Crippen LogP contribution in [0.25, 0.3) is 0 Å². The second kappa shape index (κ2) is 11.6. The average molecular weight is 461 g/mol. The van der Waals surface area contributed by atoms with Crippen LogP contribution in [0.1, 0.15) is 60.7 Å². The standard InChI is InChI=1S/C23H29BrN2O3/c1-4-12-26(13-5-2)23(28)18-8-7-9-19(15-18)25-22(27)17-10-11-21(20(24)16-17)29-14-6-3/h7-11,15-16H,4-6,12-14H2,1-3H3,(H,25,27). The van der Waals surface area contributed by atoms with Crippen LogP contribution in [-0.2, 0) is 0 Å². The van der Waals surface area contributed by atoms with Crippen molar-refractivity contribution < 1.29 is 14.3 Å². The van der Waals surface area contributed by atoms with E-state index in [-0.39, 0.29) is 11.8 Å². The number of benzene rings is 2. The van der Waals surface area contributed by atoms with Gasteiger partial charge in [0.2, 0.25) is 0 Å². The number of anilines is 1. The van der Waals surface area contributed by atoms with Crippen molar-refractivity contribution in [3.8, 4) is 5.75 Å². The zero-order valence-corrected chi connectivity index (χ0v) is 18.9. The maximum atomic E-state index is 12.8. The van der Waals surface area contributed by atoms with Crippen molar-refractivity contribution in [3.63, 3.8) is 0 Å². The van der Waals surface area contributed by atoms with Crippen LogP contribution < -0.4 is 10.1 Å².